The summed E-state index contributed by atoms with van der Waals surface area (Å²) in [6, 6.07) is 0. The molecule has 0 aromatic carbocycles. The fourth-order valence-corrected chi connectivity index (χ4v) is 13.4. The van der Waals surface area contributed by atoms with Crippen molar-refractivity contribution in [1.29, 1.82) is 0 Å². The van der Waals surface area contributed by atoms with Gasteiger partial charge in [-0.1, -0.05) is 194 Å². The highest BCUT2D eigenvalue weighted by Gasteiger charge is 2.22. The number of carbonyl (C=O) groups excluding carboxylic acids is 3. The average molecular weight is 2040 g/mol. The van der Waals surface area contributed by atoms with Crippen LogP contribution < -0.4 is 10.2 Å². The highest BCUT2D eigenvalue weighted by Crippen LogP contribution is 2.38. The lowest BCUT2D eigenvalue weighted by atomic mass is 10.0. The molecule has 0 aliphatic carbocycles. The average Bonchev–Trinajstić information content (AvgIpc) is 0.905. The molecule has 40 heteroatoms. The molecule has 0 aliphatic heterocycles. The van der Waals surface area contributed by atoms with Crippen LogP contribution in [-0.2, 0) is 170 Å². The van der Waals surface area contributed by atoms with Crippen molar-refractivity contribution in [1.82, 2.24) is 5.32 Å². The number of phosphoric ester groups is 1. The number of unbranched alkanes of at least 4 members (excludes halogenated alkanes) is 28. The number of hydrogen-bond donors (Lipinski definition) is 1. The molecule has 0 radical (unpaired) electrons. The monoisotopic (exact) mass is 2040 g/mol. The van der Waals surface area contributed by atoms with Gasteiger partial charge in [-0.3, -0.25) is 14.2 Å². The number of rotatable bonds is 126. The molecule has 0 aliphatic rings. The van der Waals surface area contributed by atoms with Crippen molar-refractivity contribution in [3.05, 3.63) is 0 Å². The van der Waals surface area contributed by atoms with Gasteiger partial charge in [0.1, 0.15) is 13.2 Å². The largest absolute Gasteiger partial charge is 0.756 e. The first kappa shape index (κ1) is 136. The Bertz CT molecular complexity index is 2410. The van der Waals surface area contributed by atoms with Crippen molar-refractivity contribution in [2.45, 2.75) is 225 Å². The van der Waals surface area contributed by atoms with Gasteiger partial charge in [-0.2, -0.15) is 0 Å². The van der Waals surface area contributed by atoms with E-state index in [2.05, 4.69) is 19.2 Å². The number of carbonyl (C=O) groups is 3. The van der Waals surface area contributed by atoms with Crippen LogP contribution >= 0.6 is 7.82 Å². The molecule has 0 rings (SSSR count). The summed E-state index contributed by atoms with van der Waals surface area (Å²) in [7, 11) is -3.27. The number of phosphoric acid groups is 1. The third kappa shape index (κ3) is 122. The minimum atomic E-state index is -4.92. The third-order valence-electron chi connectivity index (χ3n) is 20.3. The van der Waals surface area contributed by atoms with Gasteiger partial charge in [0.2, 0.25) is 0 Å². The zero-order valence-corrected chi connectivity index (χ0v) is 87.5. The molecule has 830 valence electrons. The minimum Gasteiger partial charge on any atom is -0.756 e. The number of amides is 1. The topological polar surface area (TPSA) is 408 Å². The van der Waals surface area contributed by atoms with Gasteiger partial charge in [-0.25, -0.2) is 4.79 Å². The first-order valence-corrected chi connectivity index (χ1v) is 54.1. The molecule has 0 aromatic rings. The number of nitrogens with one attached hydrogen (secondary N) is 1. The van der Waals surface area contributed by atoms with Crippen LogP contribution in [0.4, 0.5) is 4.79 Å². The van der Waals surface area contributed by atoms with E-state index in [-0.39, 0.29) is 45.8 Å². The molecule has 0 saturated carbocycles. The second kappa shape index (κ2) is 122. The Morgan fingerprint density at radius 2 is 0.396 bits per heavy atom. The van der Waals surface area contributed by atoms with E-state index in [1.807, 2.05) is 0 Å². The summed E-state index contributed by atoms with van der Waals surface area (Å²) in [6.45, 7) is 28.0. The van der Waals surface area contributed by atoms with Crippen molar-refractivity contribution < 1.29 is 180 Å². The molecule has 39 nitrogen and oxygen atoms in total. The first-order valence-electron chi connectivity index (χ1n) is 52.7. The summed E-state index contributed by atoms with van der Waals surface area (Å²) in [4.78, 5) is 50.6. The second-order valence-corrected chi connectivity index (χ2v) is 33.8. The molecule has 2 atom stereocenters. The van der Waals surface area contributed by atoms with Crippen LogP contribution in [0.1, 0.15) is 219 Å². The summed E-state index contributed by atoms with van der Waals surface area (Å²) >= 11 is 0. The predicted molar refractivity (Wildman–Crippen MR) is 523 cm³/mol. The van der Waals surface area contributed by atoms with Crippen molar-refractivity contribution in [2.75, 3.05) is 403 Å². The van der Waals surface area contributed by atoms with E-state index in [4.69, 9.17) is 156 Å². The number of alkyl carbamates (subject to hydrolysis) is 1. The van der Waals surface area contributed by atoms with Gasteiger partial charge >= 0.3 is 18.0 Å². The van der Waals surface area contributed by atoms with E-state index >= 15 is 0 Å². The van der Waals surface area contributed by atoms with Crippen LogP contribution in [0.2, 0.25) is 0 Å². The fraction of sp³-hybridized carbons (Fsp3) is 0.970. The van der Waals surface area contributed by atoms with E-state index in [1.54, 1.807) is 7.11 Å². The van der Waals surface area contributed by atoms with Gasteiger partial charge in [0, 0.05) is 26.5 Å². The number of methoxy groups -OCH3 is 1. The molecule has 0 saturated heterocycles. The highest BCUT2D eigenvalue weighted by molar-refractivity contribution is 7.45. The van der Waals surface area contributed by atoms with Crippen LogP contribution in [-0.4, -0.2) is 428 Å². The quantitative estimate of drug-likeness (QED) is 0.0256. The molecule has 0 bridgehead atoms. The van der Waals surface area contributed by atoms with Crippen molar-refractivity contribution >= 4 is 25.9 Å². The highest BCUT2D eigenvalue weighted by atomic mass is 31.2. The number of hydrogen-bond acceptors (Lipinski definition) is 38. The Kier molecular flexibility index (Phi) is 120. The first-order chi connectivity index (χ1) is 68.7. The molecular weight excluding hydrogens is 1840 g/mol. The van der Waals surface area contributed by atoms with Crippen LogP contribution in [0, 0.1) is 0 Å². The maximum atomic E-state index is 12.9. The SMILES string of the molecule is CCCCCCCCCCCCCCCCCC(=O)OCC(COP(=O)([O-])OCCNC(=O)OCCOCCOCCOCCOCCOCCOCCOCCOCCOCCOCCOCCOCCOCCOCCOCCOCCOCCOCCOCCOCCOCCOCCOCCOCCOCCOCCOCCOC)OC(=O)CCCCCCCCCCCCCCCCC. The molecule has 0 heterocycles. The summed E-state index contributed by atoms with van der Waals surface area (Å²) in [5, 5.41) is 2.41. The van der Waals surface area contributed by atoms with Gasteiger partial charge in [0.05, 0.1) is 377 Å². The molecule has 1 N–H and O–H groups in total. The number of esters is 2. The third-order valence-corrected chi connectivity index (χ3v) is 21.3. The molecular formula is C99H195NO38P-. The lowest BCUT2D eigenvalue weighted by molar-refractivity contribution is -0.228. The molecule has 0 spiro atoms. The molecule has 0 aromatic heterocycles. The van der Waals surface area contributed by atoms with Gasteiger partial charge in [-0.05, 0) is 12.8 Å². The number of ether oxygens (including phenoxy) is 31. The normalized spacial score (nSPS) is 12.4. The maximum absolute atomic E-state index is 12.9. The second-order valence-electron chi connectivity index (χ2n) is 32.4. The van der Waals surface area contributed by atoms with Gasteiger partial charge in [0.15, 0.2) is 6.10 Å². The van der Waals surface area contributed by atoms with E-state index in [9.17, 15) is 23.8 Å². The minimum absolute atomic E-state index is 0.0528. The predicted octanol–water partition coefficient (Wildman–Crippen LogP) is 12.3. The lowest BCUT2D eigenvalue weighted by Crippen LogP contribution is -2.31. The van der Waals surface area contributed by atoms with Crippen molar-refractivity contribution in [3.63, 3.8) is 0 Å². The maximum Gasteiger partial charge on any atom is 0.407 e. The zero-order chi connectivity index (χ0) is 99.9. The lowest BCUT2D eigenvalue weighted by Gasteiger charge is -2.25. The molecule has 0 fully saturated rings. The summed E-state index contributed by atoms with van der Waals surface area (Å²) in [5.41, 5.74) is 0. The van der Waals surface area contributed by atoms with E-state index in [0.717, 1.165) is 38.5 Å². The molecule has 139 heavy (non-hydrogen) atoms. The van der Waals surface area contributed by atoms with Gasteiger partial charge in [-0.15, -0.1) is 0 Å². The standard InChI is InChI=1S/C99H196NO38P/c1-4-6-8-10-12-14-16-18-20-22-24-26-28-30-32-34-97(101)135-94-96(138-98(102)35-33-31-29-27-25-23-21-19-17-15-13-11-9-7-5-2)95-137-139(104,105)136-37-36-100-99(103)134-93-92-133-91-90-132-89-88-131-87-86-130-85-84-129-83-82-128-81-80-127-79-78-126-77-76-125-75-74-124-73-72-123-71-70-122-69-68-121-67-66-120-65-64-119-63-62-118-61-60-117-59-58-116-57-56-115-55-54-114-53-52-113-51-50-112-49-48-111-47-46-110-45-44-109-43-42-108-41-40-107-39-38-106-3/h96H,4-95H2,1-3H3,(H,100,103)(H,104,105)/p-1. The van der Waals surface area contributed by atoms with Crippen molar-refractivity contribution in [2.24, 2.45) is 0 Å². The Morgan fingerprint density at radius 1 is 0.216 bits per heavy atom. The summed E-state index contributed by atoms with van der Waals surface area (Å²) in [5.74, 6) is -0.973. The van der Waals surface area contributed by atoms with Crippen LogP contribution in [0.5, 0.6) is 0 Å². The van der Waals surface area contributed by atoms with Gasteiger partial charge in [0.25, 0.3) is 7.82 Å². The Balaban J connectivity index is 3.56. The Morgan fingerprint density at radius 3 is 0.597 bits per heavy atom. The van der Waals surface area contributed by atoms with Gasteiger partial charge < -0.3 is 166 Å². The van der Waals surface area contributed by atoms with E-state index in [0.29, 0.717) is 363 Å². The summed E-state index contributed by atoms with van der Waals surface area (Å²) in [6.07, 6.45) is 34.5. The van der Waals surface area contributed by atoms with E-state index in [1.165, 1.54) is 141 Å². The van der Waals surface area contributed by atoms with Crippen LogP contribution in [0.15, 0.2) is 0 Å². The van der Waals surface area contributed by atoms with E-state index < -0.39 is 45.2 Å². The molecule has 1 amide bonds. The summed E-state index contributed by atoms with van der Waals surface area (Å²) < 4.78 is 193. The molecule has 2 unspecified atom stereocenters. The fourth-order valence-electron chi connectivity index (χ4n) is 12.6. The Hall–Kier alpha value is -2.80. The Labute approximate surface area is 836 Å². The zero-order valence-electron chi connectivity index (χ0n) is 86.6. The smallest absolute Gasteiger partial charge is 0.407 e. The van der Waals surface area contributed by atoms with Crippen molar-refractivity contribution in [3.8, 4) is 0 Å². The van der Waals surface area contributed by atoms with Crippen LogP contribution in [0.25, 0.3) is 0 Å². The van der Waals surface area contributed by atoms with Crippen LogP contribution in [0.3, 0.4) is 0 Å².